The molecular formula is C15H21ClN4O3. The van der Waals surface area contributed by atoms with Crippen molar-refractivity contribution >= 4 is 35.9 Å². The lowest BCUT2D eigenvalue weighted by atomic mass is 9.92. The molecule has 0 spiro atoms. The summed E-state index contributed by atoms with van der Waals surface area (Å²) in [5.41, 5.74) is 5.66. The zero-order valence-corrected chi connectivity index (χ0v) is 13.8. The van der Waals surface area contributed by atoms with Gasteiger partial charge in [-0.1, -0.05) is 12.1 Å². The van der Waals surface area contributed by atoms with Gasteiger partial charge in [-0.25, -0.2) is 4.79 Å². The molecular weight excluding hydrogens is 320 g/mol. The first-order valence-corrected chi connectivity index (χ1v) is 7.11. The van der Waals surface area contributed by atoms with E-state index in [1.54, 1.807) is 31.2 Å². The van der Waals surface area contributed by atoms with E-state index in [-0.39, 0.29) is 24.4 Å². The van der Waals surface area contributed by atoms with E-state index in [2.05, 4.69) is 16.0 Å². The van der Waals surface area contributed by atoms with E-state index in [4.69, 9.17) is 5.73 Å². The lowest BCUT2D eigenvalue weighted by Gasteiger charge is -2.21. The molecule has 0 aromatic heterocycles. The molecule has 5 N–H and O–H groups in total. The van der Waals surface area contributed by atoms with Crippen LogP contribution in [0.15, 0.2) is 24.3 Å². The Morgan fingerprint density at radius 2 is 2.09 bits per heavy atom. The zero-order chi connectivity index (χ0) is 16.3. The van der Waals surface area contributed by atoms with Crippen LogP contribution in [-0.4, -0.2) is 23.9 Å². The predicted molar refractivity (Wildman–Crippen MR) is 89.2 cm³/mol. The molecule has 126 valence electrons. The summed E-state index contributed by atoms with van der Waals surface area (Å²) in [6, 6.07) is 6.29. The van der Waals surface area contributed by atoms with Crippen LogP contribution in [0.5, 0.6) is 0 Å². The van der Waals surface area contributed by atoms with Gasteiger partial charge in [-0.3, -0.25) is 14.9 Å². The van der Waals surface area contributed by atoms with Crippen molar-refractivity contribution in [2.45, 2.75) is 38.3 Å². The standard InChI is InChI=1S/C15H20N4O3.ClH/c1-9(16)6-7-12(20)17-11-5-3-4-10(8-11)15(2)13(21)18-14(22)19-15;/h3-5,8-9H,6-7,16H2,1-2H3,(H,17,20)(H2,18,19,21,22);1H. The first-order valence-electron chi connectivity index (χ1n) is 7.11. The van der Waals surface area contributed by atoms with E-state index in [1.165, 1.54) is 0 Å². The van der Waals surface area contributed by atoms with Crippen LogP contribution in [0.1, 0.15) is 32.3 Å². The second-order valence-electron chi connectivity index (χ2n) is 5.68. The minimum atomic E-state index is -1.14. The fourth-order valence-electron chi connectivity index (χ4n) is 2.24. The van der Waals surface area contributed by atoms with Gasteiger partial charge in [0.05, 0.1) is 0 Å². The highest BCUT2D eigenvalue weighted by Crippen LogP contribution is 2.26. The third-order valence-corrected chi connectivity index (χ3v) is 3.60. The number of nitrogens with one attached hydrogen (secondary N) is 3. The van der Waals surface area contributed by atoms with Crippen LogP contribution in [0, 0.1) is 0 Å². The molecule has 0 bridgehead atoms. The van der Waals surface area contributed by atoms with Gasteiger partial charge in [-0.05, 0) is 38.0 Å². The van der Waals surface area contributed by atoms with Crippen molar-refractivity contribution in [3.8, 4) is 0 Å². The normalized spacial score (nSPS) is 21.0. The van der Waals surface area contributed by atoms with Crippen LogP contribution < -0.4 is 21.7 Å². The van der Waals surface area contributed by atoms with Crippen molar-refractivity contribution in [2.75, 3.05) is 5.32 Å². The molecule has 0 aliphatic carbocycles. The van der Waals surface area contributed by atoms with Crippen LogP contribution in [0.2, 0.25) is 0 Å². The Morgan fingerprint density at radius 1 is 1.39 bits per heavy atom. The number of halogens is 1. The van der Waals surface area contributed by atoms with E-state index in [0.717, 1.165) is 0 Å². The number of rotatable bonds is 5. The first kappa shape index (κ1) is 18.9. The molecule has 8 heteroatoms. The average Bonchev–Trinajstić information content (AvgIpc) is 2.71. The predicted octanol–water partition coefficient (Wildman–Crippen LogP) is 1.23. The summed E-state index contributed by atoms with van der Waals surface area (Å²) in [6.45, 7) is 3.46. The van der Waals surface area contributed by atoms with Crippen LogP contribution in [-0.2, 0) is 15.1 Å². The van der Waals surface area contributed by atoms with Crippen LogP contribution in [0.25, 0.3) is 0 Å². The SMILES string of the molecule is CC(N)CCC(=O)Nc1cccc(C2(C)NC(=O)NC2=O)c1.Cl. The quantitative estimate of drug-likeness (QED) is 0.604. The zero-order valence-electron chi connectivity index (χ0n) is 13.0. The molecule has 1 aromatic rings. The molecule has 7 nitrogen and oxygen atoms in total. The van der Waals surface area contributed by atoms with Gasteiger partial charge >= 0.3 is 6.03 Å². The number of hydrogen-bond donors (Lipinski definition) is 4. The van der Waals surface area contributed by atoms with Crippen molar-refractivity contribution in [1.29, 1.82) is 0 Å². The number of benzene rings is 1. The summed E-state index contributed by atoms with van der Waals surface area (Å²) in [5.74, 6) is -0.558. The van der Waals surface area contributed by atoms with Gasteiger partial charge in [0.25, 0.3) is 5.91 Å². The van der Waals surface area contributed by atoms with Crippen molar-refractivity contribution < 1.29 is 14.4 Å². The molecule has 1 aliphatic rings. The first-order chi connectivity index (χ1) is 10.3. The molecule has 1 fully saturated rings. The molecule has 1 aromatic carbocycles. The summed E-state index contributed by atoms with van der Waals surface area (Å²) < 4.78 is 0. The maximum absolute atomic E-state index is 11.9. The lowest BCUT2D eigenvalue weighted by molar-refractivity contribution is -0.123. The Bertz CT molecular complexity index is 620. The Morgan fingerprint density at radius 3 is 2.65 bits per heavy atom. The van der Waals surface area contributed by atoms with E-state index in [1.807, 2.05) is 6.92 Å². The topological polar surface area (TPSA) is 113 Å². The van der Waals surface area contributed by atoms with Gasteiger partial charge in [-0.15, -0.1) is 12.4 Å². The molecule has 0 radical (unpaired) electrons. The number of amides is 4. The number of nitrogens with two attached hydrogens (primary N) is 1. The molecule has 4 amide bonds. The van der Waals surface area contributed by atoms with Crippen molar-refractivity contribution in [1.82, 2.24) is 10.6 Å². The van der Waals surface area contributed by atoms with Crippen LogP contribution in [0.4, 0.5) is 10.5 Å². The second kappa shape index (κ2) is 7.43. The lowest BCUT2D eigenvalue weighted by Crippen LogP contribution is -2.40. The monoisotopic (exact) mass is 340 g/mol. The Hall–Kier alpha value is -2.12. The fraction of sp³-hybridized carbons (Fsp3) is 0.400. The van der Waals surface area contributed by atoms with E-state index in [9.17, 15) is 14.4 Å². The summed E-state index contributed by atoms with van der Waals surface area (Å²) >= 11 is 0. The Balaban J connectivity index is 0.00000264. The number of carbonyl (C=O) groups is 3. The third kappa shape index (κ3) is 4.43. The van der Waals surface area contributed by atoms with Crippen molar-refractivity contribution in [3.63, 3.8) is 0 Å². The van der Waals surface area contributed by atoms with E-state index >= 15 is 0 Å². The van der Waals surface area contributed by atoms with Crippen LogP contribution in [0.3, 0.4) is 0 Å². The maximum Gasteiger partial charge on any atom is 0.322 e. The molecule has 23 heavy (non-hydrogen) atoms. The maximum atomic E-state index is 11.9. The van der Waals surface area contributed by atoms with Gasteiger partial charge in [0.1, 0.15) is 5.54 Å². The largest absolute Gasteiger partial charge is 0.328 e. The van der Waals surface area contributed by atoms with Crippen molar-refractivity contribution in [2.24, 2.45) is 5.73 Å². The smallest absolute Gasteiger partial charge is 0.322 e. The molecule has 2 unspecified atom stereocenters. The third-order valence-electron chi connectivity index (χ3n) is 3.60. The second-order valence-corrected chi connectivity index (χ2v) is 5.68. The Kier molecular flexibility index (Phi) is 6.12. The minimum Gasteiger partial charge on any atom is -0.328 e. The van der Waals surface area contributed by atoms with Gasteiger partial charge < -0.3 is 16.4 Å². The van der Waals surface area contributed by atoms with Gasteiger partial charge in [0, 0.05) is 18.2 Å². The molecule has 1 aliphatic heterocycles. The number of hydrogen-bond acceptors (Lipinski definition) is 4. The number of anilines is 1. The fourth-order valence-corrected chi connectivity index (χ4v) is 2.24. The van der Waals surface area contributed by atoms with Crippen LogP contribution >= 0.6 is 12.4 Å². The summed E-state index contributed by atoms with van der Waals surface area (Å²) in [7, 11) is 0. The highest BCUT2D eigenvalue weighted by molar-refractivity contribution is 6.07. The number of imide groups is 1. The Labute approximate surface area is 140 Å². The summed E-state index contributed by atoms with van der Waals surface area (Å²) in [5, 5.41) is 7.56. The van der Waals surface area contributed by atoms with Gasteiger partial charge in [-0.2, -0.15) is 0 Å². The molecule has 0 saturated carbocycles. The average molecular weight is 341 g/mol. The van der Waals surface area contributed by atoms with E-state index < -0.39 is 17.5 Å². The van der Waals surface area contributed by atoms with E-state index in [0.29, 0.717) is 24.1 Å². The minimum absolute atomic E-state index is 0. The molecule has 2 rings (SSSR count). The van der Waals surface area contributed by atoms with Gasteiger partial charge in [0.2, 0.25) is 5.91 Å². The highest BCUT2D eigenvalue weighted by Gasteiger charge is 2.43. The summed E-state index contributed by atoms with van der Waals surface area (Å²) in [4.78, 5) is 35.1. The highest BCUT2D eigenvalue weighted by atomic mass is 35.5. The molecule has 2 atom stereocenters. The molecule has 1 heterocycles. The summed E-state index contributed by atoms with van der Waals surface area (Å²) in [6.07, 6.45) is 0.929. The molecule has 1 saturated heterocycles. The van der Waals surface area contributed by atoms with Gasteiger partial charge in [0.15, 0.2) is 0 Å². The number of urea groups is 1. The number of carbonyl (C=O) groups excluding carboxylic acids is 3. The van der Waals surface area contributed by atoms with Crippen molar-refractivity contribution in [3.05, 3.63) is 29.8 Å².